The van der Waals surface area contributed by atoms with Crippen LogP contribution in [0.25, 0.3) is 0 Å². The van der Waals surface area contributed by atoms with Crippen LogP contribution in [0.5, 0.6) is 5.75 Å². The Morgan fingerprint density at radius 2 is 2.00 bits per heavy atom. The maximum absolute atomic E-state index is 5.67. The van der Waals surface area contributed by atoms with Gasteiger partial charge in [-0.25, -0.2) is 4.98 Å². The predicted molar refractivity (Wildman–Crippen MR) is 78.8 cm³/mol. The monoisotopic (exact) mass is 274 g/mol. The molecule has 0 saturated carbocycles. The van der Waals surface area contributed by atoms with Gasteiger partial charge in [0.25, 0.3) is 0 Å². The van der Waals surface area contributed by atoms with Crippen molar-refractivity contribution >= 4 is 0 Å². The average molecular weight is 274 g/mol. The van der Waals surface area contributed by atoms with Crippen LogP contribution in [0.15, 0.2) is 34.9 Å². The van der Waals surface area contributed by atoms with Crippen molar-refractivity contribution in [3.05, 3.63) is 47.7 Å². The highest BCUT2D eigenvalue weighted by Gasteiger charge is 2.17. The lowest BCUT2D eigenvalue weighted by atomic mass is 10.1. The zero-order valence-electron chi connectivity index (χ0n) is 12.5. The standard InChI is InChI=1S/C16H22N2O2/c1-5-19-15-9-7-6-8-14(15)12(3)18-13(4)16-17-10-11(2)20-16/h6-10,12-13,18H,5H2,1-4H3. The number of hydrogen-bond donors (Lipinski definition) is 1. The first-order valence-electron chi connectivity index (χ1n) is 7.02. The quantitative estimate of drug-likeness (QED) is 0.870. The molecule has 1 heterocycles. The zero-order valence-corrected chi connectivity index (χ0v) is 12.5. The van der Waals surface area contributed by atoms with E-state index in [4.69, 9.17) is 9.15 Å². The van der Waals surface area contributed by atoms with Gasteiger partial charge in [0.2, 0.25) is 5.89 Å². The summed E-state index contributed by atoms with van der Waals surface area (Å²) in [6.07, 6.45) is 1.74. The summed E-state index contributed by atoms with van der Waals surface area (Å²) in [5.74, 6) is 2.46. The second-order valence-electron chi connectivity index (χ2n) is 4.89. The van der Waals surface area contributed by atoms with Gasteiger partial charge in [-0.2, -0.15) is 0 Å². The SMILES string of the molecule is CCOc1ccccc1C(C)NC(C)c1ncc(C)o1. The van der Waals surface area contributed by atoms with Crippen molar-refractivity contribution in [1.29, 1.82) is 0 Å². The third kappa shape index (κ3) is 3.39. The highest BCUT2D eigenvalue weighted by atomic mass is 16.5. The van der Waals surface area contributed by atoms with Crippen LogP contribution >= 0.6 is 0 Å². The molecule has 2 rings (SSSR count). The molecule has 1 aromatic carbocycles. The predicted octanol–water partition coefficient (Wildman–Crippen LogP) is 3.79. The van der Waals surface area contributed by atoms with Crippen molar-refractivity contribution < 1.29 is 9.15 Å². The van der Waals surface area contributed by atoms with Gasteiger partial charge < -0.3 is 9.15 Å². The highest BCUT2D eigenvalue weighted by molar-refractivity contribution is 5.35. The normalized spacial score (nSPS) is 14.0. The molecule has 20 heavy (non-hydrogen) atoms. The fraction of sp³-hybridized carbons (Fsp3) is 0.438. The number of oxazole rings is 1. The van der Waals surface area contributed by atoms with Gasteiger partial charge in [-0.1, -0.05) is 18.2 Å². The number of rotatable bonds is 6. The lowest BCUT2D eigenvalue weighted by Crippen LogP contribution is -2.23. The molecule has 0 aliphatic rings. The van der Waals surface area contributed by atoms with Gasteiger partial charge in [-0.05, 0) is 33.8 Å². The number of aromatic nitrogens is 1. The number of nitrogens with one attached hydrogen (secondary N) is 1. The first kappa shape index (κ1) is 14.6. The van der Waals surface area contributed by atoms with Gasteiger partial charge in [0, 0.05) is 11.6 Å². The van der Waals surface area contributed by atoms with Crippen LogP contribution in [0.4, 0.5) is 0 Å². The summed E-state index contributed by atoms with van der Waals surface area (Å²) in [5, 5.41) is 3.49. The van der Waals surface area contributed by atoms with Crippen LogP contribution in [-0.2, 0) is 0 Å². The summed E-state index contributed by atoms with van der Waals surface area (Å²) < 4.78 is 11.2. The summed E-state index contributed by atoms with van der Waals surface area (Å²) >= 11 is 0. The molecule has 2 aromatic rings. The van der Waals surface area contributed by atoms with Gasteiger partial charge in [-0.3, -0.25) is 5.32 Å². The fourth-order valence-electron chi connectivity index (χ4n) is 2.23. The molecular weight excluding hydrogens is 252 g/mol. The van der Waals surface area contributed by atoms with Gasteiger partial charge in [-0.15, -0.1) is 0 Å². The Morgan fingerprint density at radius 1 is 1.25 bits per heavy atom. The minimum atomic E-state index is 0.0494. The van der Waals surface area contributed by atoms with E-state index in [0.29, 0.717) is 12.5 Å². The largest absolute Gasteiger partial charge is 0.494 e. The molecule has 0 aliphatic carbocycles. The molecule has 4 nitrogen and oxygen atoms in total. The van der Waals surface area contributed by atoms with Crippen LogP contribution < -0.4 is 10.1 Å². The van der Waals surface area contributed by atoms with E-state index in [1.165, 1.54) is 0 Å². The molecule has 0 saturated heterocycles. The van der Waals surface area contributed by atoms with Crippen molar-refractivity contribution in [1.82, 2.24) is 10.3 Å². The van der Waals surface area contributed by atoms with E-state index < -0.39 is 0 Å². The first-order valence-corrected chi connectivity index (χ1v) is 7.02. The van der Waals surface area contributed by atoms with Gasteiger partial charge in [0.15, 0.2) is 0 Å². The van der Waals surface area contributed by atoms with Gasteiger partial charge in [0.05, 0.1) is 18.8 Å². The molecular formula is C16H22N2O2. The van der Waals surface area contributed by atoms with Crippen molar-refractivity contribution in [2.75, 3.05) is 6.61 Å². The first-order chi connectivity index (χ1) is 9.61. The van der Waals surface area contributed by atoms with Crippen LogP contribution in [0, 0.1) is 6.92 Å². The molecule has 1 aromatic heterocycles. The van der Waals surface area contributed by atoms with Crippen molar-refractivity contribution in [2.24, 2.45) is 0 Å². The van der Waals surface area contributed by atoms with Gasteiger partial charge >= 0.3 is 0 Å². The third-order valence-corrected chi connectivity index (χ3v) is 3.19. The molecule has 0 bridgehead atoms. The minimum Gasteiger partial charge on any atom is -0.494 e. The molecule has 0 amide bonds. The van der Waals surface area contributed by atoms with Crippen molar-refractivity contribution in [3.8, 4) is 5.75 Å². The van der Waals surface area contributed by atoms with Crippen LogP contribution in [0.3, 0.4) is 0 Å². The number of aryl methyl sites for hydroxylation is 1. The Hall–Kier alpha value is -1.81. The lowest BCUT2D eigenvalue weighted by Gasteiger charge is -2.20. The Kier molecular flexibility index (Phi) is 4.79. The molecule has 0 aliphatic heterocycles. The number of hydrogen-bond acceptors (Lipinski definition) is 4. The summed E-state index contributed by atoms with van der Waals surface area (Å²) in [4.78, 5) is 4.26. The third-order valence-electron chi connectivity index (χ3n) is 3.19. The Balaban J connectivity index is 2.09. The zero-order chi connectivity index (χ0) is 14.5. The Bertz CT molecular complexity index is 551. The van der Waals surface area contributed by atoms with Gasteiger partial charge in [0.1, 0.15) is 11.5 Å². The van der Waals surface area contributed by atoms with E-state index in [2.05, 4.69) is 23.3 Å². The highest BCUT2D eigenvalue weighted by Crippen LogP contribution is 2.27. The molecule has 1 N–H and O–H groups in total. The van der Waals surface area contributed by atoms with E-state index >= 15 is 0 Å². The summed E-state index contributed by atoms with van der Waals surface area (Å²) in [7, 11) is 0. The number of benzene rings is 1. The van der Waals surface area contributed by atoms with E-state index in [1.807, 2.05) is 39.0 Å². The molecule has 4 heteroatoms. The van der Waals surface area contributed by atoms with E-state index in [1.54, 1.807) is 6.20 Å². The maximum Gasteiger partial charge on any atom is 0.211 e. The lowest BCUT2D eigenvalue weighted by molar-refractivity contribution is 0.327. The minimum absolute atomic E-state index is 0.0494. The maximum atomic E-state index is 5.67. The van der Waals surface area contributed by atoms with Crippen LogP contribution in [-0.4, -0.2) is 11.6 Å². The Morgan fingerprint density at radius 3 is 2.65 bits per heavy atom. The molecule has 108 valence electrons. The molecule has 0 fully saturated rings. The molecule has 0 spiro atoms. The molecule has 2 atom stereocenters. The second kappa shape index (κ2) is 6.57. The van der Waals surface area contributed by atoms with Crippen LogP contribution in [0.1, 0.15) is 50.1 Å². The number of ether oxygens (including phenoxy) is 1. The summed E-state index contributed by atoms with van der Waals surface area (Å²) in [5.41, 5.74) is 1.14. The van der Waals surface area contributed by atoms with Crippen molar-refractivity contribution in [3.63, 3.8) is 0 Å². The smallest absolute Gasteiger partial charge is 0.211 e. The average Bonchev–Trinajstić information content (AvgIpc) is 2.86. The topological polar surface area (TPSA) is 47.3 Å². The number of para-hydroxylation sites is 1. The molecule has 2 unspecified atom stereocenters. The second-order valence-corrected chi connectivity index (χ2v) is 4.89. The number of nitrogens with zero attached hydrogens (tertiary/aromatic N) is 1. The summed E-state index contributed by atoms with van der Waals surface area (Å²) in [6.45, 7) is 8.72. The fourth-order valence-corrected chi connectivity index (χ4v) is 2.23. The Labute approximate surface area is 120 Å². The van der Waals surface area contributed by atoms with E-state index in [0.717, 1.165) is 17.1 Å². The summed E-state index contributed by atoms with van der Waals surface area (Å²) in [6, 6.07) is 8.29. The van der Waals surface area contributed by atoms with Crippen molar-refractivity contribution in [2.45, 2.75) is 39.8 Å². The molecule has 0 radical (unpaired) electrons. The van der Waals surface area contributed by atoms with E-state index in [9.17, 15) is 0 Å². The van der Waals surface area contributed by atoms with E-state index in [-0.39, 0.29) is 12.1 Å². The van der Waals surface area contributed by atoms with Crippen LogP contribution in [0.2, 0.25) is 0 Å².